The maximum absolute atomic E-state index is 13.5. The molecule has 5 aliphatic rings. The van der Waals surface area contributed by atoms with Gasteiger partial charge in [0.05, 0.1) is 0 Å². The van der Waals surface area contributed by atoms with Crippen LogP contribution in [0.4, 0.5) is 0 Å². The van der Waals surface area contributed by atoms with Crippen molar-refractivity contribution < 1.29 is 9.59 Å². The van der Waals surface area contributed by atoms with Gasteiger partial charge in [-0.15, -0.1) is 0 Å². The van der Waals surface area contributed by atoms with Gasteiger partial charge in [-0.25, -0.2) is 0 Å². The van der Waals surface area contributed by atoms with E-state index in [1.165, 1.54) is 19.3 Å². The molecule has 4 nitrogen and oxygen atoms in total. The summed E-state index contributed by atoms with van der Waals surface area (Å²) in [5.41, 5.74) is 0.917. The van der Waals surface area contributed by atoms with E-state index in [1.807, 2.05) is 23.1 Å². The van der Waals surface area contributed by atoms with Crippen molar-refractivity contribution in [1.82, 2.24) is 10.2 Å². The van der Waals surface area contributed by atoms with Crippen LogP contribution in [0, 0.1) is 23.2 Å². The van der Waals surface area contributed by atoms with Gasteiger partial charge in [-0.2, -0.15) is 0 Å². The van der Waals surface area contributed by atoms with Crippen molar-refractivity contribution in [3.63, 3.8) is 0 Å². The molecule has 1 aromatic rings. The fourth-order valence-corrected chi connectivity index (χ4v) is 6.91. The van der Waals surface area contributed by atoms with Crippen LogP contribution in [0.5, 0.6) is 0 Å². The number of nitrogens with one attached hydrogen (secondary N) is 1. The van der Waals surface area contributed by atoms with Crippen LogP contribution in [-0.4, -0.2) is 35.8 Å². The zero-order chi connectivity index (χ0) is 19.1. The summed E-state index contributed by atoms with van der Waals surface area (Å²) in [6.45, 7) is 1.66. The second kappa shape index (κ2) is 7.20. The Morgan fingerprint density at radius 2 is 1.54 bits per heavy atom. The van der Waals surface area contributed by atoms with Gasteiger partial charge in [-0.3, -0.25) is 9.59 Å². The minimum absolute atomic E-state index is 0.111. The second-order valence-electron chi connectivity index (χ2n) is 9.95. The molecule has 1 aromatic carbocycles. The molecular weight excluding hydrogens is 348 g/mol. The van der Waals surface area contributed by atoms with Gasteiger partial charge in [0.15, 0.2) is 0 Å². The predicted molar refractivity (Wildman–Crippen MR) is 108 cm³/mol. The van der Waals surface area contributed by atoms with Gasteiger partial charge in [-0.1, -0.05) is 30.3 Å². The van der Waals surface area contributed by atoms with E-state index in [9.17, 15) is 9.59 Å². The van der Waals surface area contributed by atoms with Gasteiger partial charge in [0.25, 0.3) is 0 Å². The van der Waals surface area contributed by atoms with Crippen molar-refractivity contribution in [3.05, 3.63) is 35.9 Å². The smallest absolute Gasteiger partial charge is 0.245 e. The van der Waals surface area contributed by atoms with Gasteiger partial charge in [-0.05, 0) is 74.7 Å². The number of carbonyl (C=O) groups is 2. The Bertz CT molecular complexity index is 703. The summed E-state index contributed by atoms with van der Waals surface area (Å²) >= 11 is 0. The monoisotopic (exact) mass is 380 g/mol. The highest BCUT2D eigenvalue weighted by Gasteiger charge is 2.55. The third-order valence-corrected chi connectivity index (χ3v) is 7.82. The van der Waals surface area contributed by atoms with Crippen molar-refractivity contribution >= 4 is 11.8 Å². The summed E-state index contributed by atoms with van der Waals surface area (Å²) in [4.78, 5) is 28.7. The van der Waals surface area contributed by atoms with Gasteiger partial charge >= 0.3 is 0 Å². The Balaban J connectivity index is 1.35. The minimum atomic E-state index is -0.430. The minimum Gasteiger partial charge on any atom is -0.343 e. The van der Waals surface area contributed by atoms with Crippen LogP contribution in [0.25, 0.3) is 0 Å². The topological polar surface area (TPSA) is 49.4 Å². The SMILES string of the molecule is O=C([C@@H](Cc1ccccc1)NC(=O)C12CC3CC(CC(C3)C1)C2)N1CCCC1. The highest BCUT2D eigenvalue weighted by atomic mass is 16.2. The molecule has 28 heavy (non-hydrogen) atoms. The molecule has 150 valence electrons. The molecule has 1 aliphatic heterocycles. The Morgan fingerprint density at radius 1 is 0.964 bits per heavy atom. The maximum Gasteiger partial charge on any atom is 0.245 e. The predicted octanol–water partition coefficient (Wildman–Crippen LogP) is 3.55. The van der Waals surface area contributed by atoms with Gasteiger partial charge in [0.2, 0.25) is 11.8 Å². The van der Waals surface area contributed by atoms with Gasteiger partial charge in [0, 0.05) is 24.9 Å². The lowest BCUT2D eigenvalue weighted by Gasteiger charge is -2.55. The molecule has 0 spiro atoms. The van der Waals surface area contributed by atoms with Crippen LogP contribution in [0.2, 0.25) is 0 Å². The fraction of sp³-hybridized carbons (Fsp3) is 0.667. The summed E-state index contributed by atoms with van der Waals surface area (Å²) in [7, 11) is 0. The molecule has 6 rings (SSSR count). The first-order valence-corrected chi connectivity index (χ1v) is 11.2. The summed E-state index contributed by atoms with van der Waals surface area (Å²) in [6.07, 6.45) is 9.85. The van der Waals surface area contributed by atoms with E-state index in [2.05, 4.69) is 17.4 Å². The van der Waals surface area contributed by atoms with E-state index in [-0.39, 0.29) is 17.2 Å². The lowest BCUT2D eigenvalue weighted by Crippen LogP contribution is -2.58. The lowest BCUT2D eigenvalue weighted by atomic mass is 9.49. The van der Waals surface area contributed by atoms with Crippen molar-refractivity contribution in [3.8, 4) is 0 Å². The van der Waals surface area contributed by atoms with Crippen molar-refractivity contribution in [2.45, 2.75) is 63.8 Å². The number of benzene rings is 1. The molecule has 4 saturated carbocycles. The Morgan fingerprint density at radius 3 is 2.11 bits per heavy atom. The summed E-state index contributed by atoms with van der Waals surface area (Å²) in [5, 5.41) is 3.27. The average Bonchev–Trinajstić information content (AvgIpc) is 3.21. The molecule has 4 aliphatic carbocycles. The highest BCUT2D eigenvalue weighted by Crippen LogP contribution is 2.60. The molecule has 0 unspecified atom stereocenters. The first kappa shape index (κ1) is 18.2. The van der Waals surface area contributed by atoms with E-state index in [4.69, 9.17) is 0 Å². The molecule has 2 amide bonds. The first-order chi connectivity index (χ1) is 13.6. The number of nitrogens with zero attached hydrogens (tertiary/aromatic N) is 1. The molecule has 1 atom stereocenters. The van der Waals surface area contributed by atoms with E-state index in [0.29, 0.717) is 6.42 Å². The van der Waals surface area contributed by atoms with Crippen LogP contribution < -0.4 is 5.32 Å². The molecule has 1 N–H and O–H groups in total. The quantitative estimate of drug-likeness (QED) is 0.849. The van der Waals surface area contributed by atoms with Crippen molar-refractivity contribution in [2.24, 2.45) is 23.2 Å². The number of likely N-dealkylation sites (tertiary alicyclic amines) is 1. The van der Waals surface area contributed by atoms with Crippen LogP contribution >= 0.6 is 0 Å². The highest BCUT2D eigenvalue weighted by molar-refractivity contribution is 5.90. The van der Waals surface area contributed by atoms with Gasteiger partial charge < -0.3 is 10.2 Å². The van der Waals surface area contributed by atoms with Crippen LogP contribution in [0.15, 0.2) is 30.3 Å². The summed E-state index contributed by atoms with van der Waals surface area (Å²) in [5.74, 6) is 2.48. The number of hydrogen-bond acceptors (Lipinski definition) is 2. The van der Waals surface area contributed by atoms with E-state index in [0.717, 1.165) is 68.5 Å². The molecular formula is C24H32N2O2. The summed E-state index contributed by atoms with van der Waals surface area (Å²) < 4.78 is 0. The van der Waals surface area contributed by atoms with Crippen LogP contribution in [0.1, 0.15) is 56.9 Å². The second-order valence-corrected chi connectivity index (χ2v) is 9.95. The fourth-order valence-electron chi connectivity index (χ4n) is 6.91. The van der Waals surface area contributed by atoms with Crippen LogP contribution in [0.3, 0.4) is 0 Å². The average molecular weight is 381 g/mol. The third-order valence-electron chi connectivity index (χ3n) is 7.82. The Kier molecular flexibility index (Phi) is 4.68. The van der Waals surface area contributed by atoms with E-state index in [1.54, 1.807) is 0 Å². The number of hydrogen-bond donors (Lipinski definition) is 1. The Labute approximate surface area is 168 Å². The molecule has 0 aromatic heterocycles. The Hall–Kier alpha value is -1.84. The molecule has 4 heteroatoms. The standard InChI is InChI=1S/C24H32N2O2/c27-22(26-8-4-5-9-26)21(13-17-6-2-1-3-7-17)25-23(28)24-14-18-10-19(15-24)12-20(11-18)16-24/h1-3,6-7,18-21H,4-5,8-16H2,(H,25,28)/t18?,19?,20?,21-,24?/m1/s1. The number of rotatable bonds is 5. The number of amides is 2. The molecule has 1 saturated heterocycles. The lowest BCUT2D eigenvalue weighted by molar-refractivity contribution is -0.149. The molecule has 5 fully saturated rings. The zero-order valence-electron chi connectivity index (χ0n) is 16.7. The summed E-state index contributed by atoms with van der Waals surface area (Å²) in [6, 6.07) is 9.69. The van der Waals surface area contributed by atoms with Crippen molar-refractivity contribution in [2.75, 3.05) is 13.1 Å². The molecule has 1 heterocycles. The largest absolute Gasteiger partial charge is 0.343 e. The van der Waals surface area contributed by atoms with Crippen molar-refractivity contribution in [1.29, 1.82) is 0 Å². The van der Waals surface area contributed by atoms with Crippen LogP contribution in [-0.2, 0) is 16.0 Å². The first-order valence-electron chi connectivity index (χ1n) is 11.2. The zero-order valence-corrected chi connectivity index (χ0v) is 16.7. The normalized spacial score (nSPS) is 34.4. The van der Waals surface area contributed by atoms with Gasteiger partial charge in [0.1, 0.15) is 6.04 Å². The molecule has 0 radical (unpaired) electrons. The number of carbonyl (C=O) groups excluding carboxylic acids is 2. The molecule has 4 bridgehead atoms. The van der Waals surface area contributed by atoms with E-state index < -0.39 is 6.04 Å². The third kappa shape index (κ3) is 3.35. The van der Waals surface area contributed by atoms with E-state index >= 15 is 0 Å². The maximum atomic E-state index is 13.5.